The smallest absolute Gasteiger partial charge is 0.329 e. The molecule has 0 unspecified atom stereocenters. The van der Waals surface area contributed by atoms with Crippen LogP contribution >= 0.6 is 0 Å². The Labute approximate surface area is 106 Å². The van der Waals surface area contributed by atoms with Crippen molar-refractivity contribution < 1.29 is 29.5 Å². The van der Waals surface area contributed by atoms with Crippen LogP contribution in [-0.4, -0.2) is 40.2 Å². The predicted octanol–water partition coefficient (Wildman–Crippen LogP) is 0.340. The number of nitrogens with one attached hydrogen (secondary N) is 1. The summed E-state index contributed by atoms with van der Waals surface area (Å²) < 4.78 is 4.51. The van der Waals surface area contributed by atoms with Gasteiger partial charge in [0.2, 0.25) is 0 Å². The van der Waals surface area contributed by atoms with Gasteiger partial charge in [0, 0.05) is 6.07 Å². The van der Waals surface area contributed by atoms with Gasteiger partial charge in [0.05, 0.1) is 4.92 Å². The minimum absolute atomic E-state index is 0.364. The fraction of sp³-hybridized carbons (Fsp3) is 0.200. The van der Waals surface area contributed by atoms with Crippen LogP contribution < -0.4 is 5.32 Å². The Morgan fingerprint density at radius 3 is 2.63 bits per heavy atom. The van der Waals surface area contributed by atoms with Crippen LogP contribution in [0.3, 0.4) is 0 Å². The molecule has 0 saturated carbocycles. The molecule has 9 heteroatoms. The van der Waals surface area contributed by atoms with Crippen LogP contribution in [0, 0.1) is 10.1 Å². The van der Waals surface area contributed by atoms with Crippen LogP contribution in [0.5, 0.6) is 5.75 Å². The van der Waals surface area contributed by atoms with E-state index in [1.54, 1.807) is 0 Å². The summed E-state index contributed by atoms with van der Waals surface area (Å²) in [6.07, 6.45) is 0. The molecule has 0 fully saturated rings. The Morgan fingerprint density at radius 2 is 2.05 bits per heavy atom. The van der Waals surface area contributed by atoms with Crippen LogP contribution in [0.4, 0.5) is 11.4 Å². The van der Waals surface area contributed by atoms with Crippen LogP contribution in [-0.2, 0) is 14.3 Å². The molecule has 0 radical (unpaired) electrons. The molecular weight excluding hydrogens is 260 g/mol. The minimum Gasteiger partial charge on any atom is -0.505 e. The molecule has 0 aliphatic heterocycles. The Bertz CT molecular complexity index is 515. The molecule has 1 aromatic rings. The number of hydrogen-bond acceptors (Lipinski definition) is 6. The van der Waals surface area contributed by atoms with E-state index in [0.29, 0.717) is 0 Å². The maximum absolute atomic E-state index is 11.4. The lowest BCUT2D eigenvalue weighted by Crippen LogP contribution is -2.21. The molecule has 19 heavy (non-hydrogen) atoms. The molecule has 0 heterocycles. The van der Waals surface area contributed by atoms with Crippen molar-refractivity contribution in [2.75, 3.05) is 18.5 Å². The molecular formula is C10H10N2O7. The summed E-state index contributed by atoms with van der Waals surface area (Å²) in [5.74, 6) is -2.53. The topological polar surface area (TPSA) is 139 Å². The number of carboxylic acids is 1. The number of phenolic OH excluding ortho intramolecular Hbond substituents is 1. The number of nitro groups is 1. The number of phenols is 1. The summed E-state index contributed by atoms with van der Waals surface area (Å²) in [7, 11) is 0. The summed E-state index contributed by atoms with van der Waals surface area (Å²) in [6.45, 7) is -1.27. The van der Waals surface area contributed by atoms with Crippen molar-refractivity contribution in [1.29, 1.82) is 0 Å². The molecule has 1 amide bonds. The van der Waals surface area contributed by atoms with Gasteiger partial charge in [-0.3, -0.25) is 14.9 Å². The molecule has 1 rings (SSSR count). The van der Waals surface area contributed by atoms with E-state index in [-0.39, 0.29) is 5.69 Å². The van der Waals surface area contributed by atoms with Gasteiger partial charge >= 0.3 is 5.97 Å². The van der Waals surface area contributed by atoms with Crippen LogP contribution in [0.2, 0.25) is 0 Å². The second-order valence-electron chi connectivity index (χ2n) is 3.36. The largest absolute Gasteiger partial charge is 0.505 e. The zero-order valence-electron chi connectivity index (χ0n) is 9.53. The van der Waals surface area contributed by atoms with E-state index in [9.17, 15) is 24.8 Å². The van der Waals surface area contributed by atoms with Crippen molar-refractivity contribution in [3.8, 4) is 5.75 Å². The number of aromatic hydroxyl groups is 1. The standard InChI is InChI=1S/C10H10N2O7/c13-7-3-1-2-6(12(17)18)10(7)11-8(14)4-19-5-9(15)16/h1-3,13H,4-5H2,(H,11,14)(H,15,16). The number of carbonyl (C=O) groups excluding carboxylic acids is 1. The molecule has 1 aromatic carbocycles. The van der Waals surface area contributed by atoms with Gasteiger partial charge in [-0.15, -0.1) is 0 Å². The highest BCUT2D eigenvalue weighted by Crippen LogP contribution is 2.32. The zero-order chi connectivity index (χ0) is 14.4. The minimum atomic E-state index is -1.25. The third kappa shape index (κ3) is 4.24. The lowest BCUT2D eigenvalue weighted by atomic mass is 10.2. The first-order valence-corrected chi connectivity index (χ1v) is 4.97. The van der Waals surface area contributed by atoms with Crippen LogP contribution in [0.15, 0.2) is 18.2 Å². The summed E-state index contributed by atoms with van der Waals surface area (Å²) in [4.78, 5) is 31.4. The van der Waals surface area contributed by atoms with E-state index < -0.39 is 41.5 Å². The Morgan fingerprint density at radius 1 is 1.37 bits per heavy atom. The summed E-state index contributed by atoms with van der Waals surface area (Å²) in [5.41, 5.74) is -0.844. The Balaban J connectivity index is 2.73. The molecule has 0 saturated heterocycles. The van der Waals surface area contributed by atoms with Gasteiger partial charge in [0.1, 0.15) is 19.0 Å². The van der Waals surface area contributed by atoms with Gasteiger partial charge in [-0.05, 0) is 6.07 Å². The van der Waals surface area contributed by atoms with E-state index in [1.165, 1.54) is 12.1 Å². The Kier molecular flexibility index (Phi) is 4.77. The van der Waals surface area contributed by atoms with Crippen LogP contribution in [0.25, 0.3) is 0 Å². The fourth-order valence-corrected chi connectivity index (χ4v) is 1.22. The maximum Gasteiger partial charge on any atom is 0.329 e. The number of anilines is 1. The molecule has 0 spiro atoms. The van der Waals surface area contributed by atoms with Gasteiger partial charge in [-0.1, -0.05) is 6.07 Å². The number of nitro benzene ring substituents is 1. The normalized spacial score (nSPS) is 9.89. The van der Waals surface area contributed by atoms with Gasteiger partial charge < -0.3 is 20.3 Å². The van der Waals surface area contributed by atoms with E-state index in [1.807, 2.05) is 0 Å². The van der Waals surface area contributed by atoms with E-state index in [2.05, 4.69) is 10.1 Å². The fourth-order valence-electron chi connectivity index (χ4n) is 1.22. The van der Waals surface area contributed by atoms with Crippen molar-refractivity contribution >= 4 is 23.3 Å². The Hall–Kier alpha value is -2.68. The molecule has 0 aromatic heterocycles. The molecule has 3 N–H and O–H groups in total. The molecule has 0 bridgehead atoms. The highest BCUT2D eigenvalue weighted by Gasteiger charge is 2.19. The number of benzene rings is 1. The number of hydrogen-bond donors (Lipinski definition) is 3. The predicted molar refractivity (Wildman–Crippen MR) is 61.8 cm³/mol. The van der Waals surface area contributed by atoms with Gasteiger partial charge in [-0.25, -0.2) is 4.79 Å². The first kappa shape index (κ1) is 14.4. The highest BCUT2D eigenvalue weighted by molar-refractivity contribution is 5.95. The lowest BCUT2D eigenvalue weighted by Gasteiger charge is -2.07. The quantitative estimate of drug-likeness (QED) is 0.384. The number of nitrogens with zero attached hydrogens (tertiary/aromatic N) is 1. The monoisotopic (exact) mass is 270 g/mol. The molecule has 9 nitrogen and oxygen atoms in total. The average molecular weight is 270 g/mol. The maximum atomic E-state index is 11.4. The van der Waals surface area contributed by atoms with Crippen molar-refractivity contribution in [2.45, 2.75) is 0 Å². The molecule has 102 valence electrons. The van der Waals surface area contributed by atoms with Crippen molar-refractivity contribution in [1.82, 2.24) is 0 Å². The van der Waals surface area contributed by atoms with Crippen LogP contribution in [0.1, 0.15) is 0 Å². The SMILES string of the molecule is O=C(O)COCC(=O)Nc1c(O)cccc1[N+](=O)[O-]. The summed E-state index contributed by atoms with van der Waals surface area (Å²) >= 11 is 0. The van der Waals surface area contributed by atoms with E-state index >= 15 is 0 Å². The second-order valence-corrected chi connectivity index (χ2v) is 3.36. The second kappa shape index (κ2) is 6.31. The number of para-hydroxylation sites is 1. The first-order chi connectivity index (χ1) is 8.91. The number of aliphatic carboxylic acids is 1. The average Bonchev–Trinajstić information content (AvgIpc) is 2.30. The van der Waals surface area contributed by atoms with Gasteiger partial charge in [0.15, 0.2) is 5.69 Å². The number of rotatable bonds is 6. The molecule has 0 aliphatic carbocycles. The van der Waals surface area contributed by atoms with Crippen molar-refractivity contribution in [3.63, 3.8) is 0 Å². The number of amides is 1. The van der Waals surface area contributed by atoms with E-state index in [4.69, 9.17) is 5.11 Å². The van der Waals surface area contributed by atoms with Crippen molar-refractivity contribution in [2.24, 2.45) is 0 Å². The molecule has 0 atom stereocenters. The van der Waals surface area contributed by atoms with Crippen molar-refractivity contribution in [3.05, 3.63) is 28.3 Å². The number of ether oxygens (including phenoxy) is 1. The summed E-state index contributed by atoms with van der Waals surface area (Å²) in [5, 5.41) is 30.5. The summed E-state index contributed by atoms with van der Waals surface area (Å²) in [6, 6.07) is 3.53. The van der Waals surface area contributed by atoms with Gasteiger partial charge in [-0.2, -0.15) is 0 Å². The lowest BCUT2D eigenvalue weighted by molar-refractivity contribution is -0.384. The third-order valence-corrected chi connectivity index (χ3v) is 1.94. The van der Waals surface area contributed by atoms with Gasteiger partial charge in [0.25, 0.3) is 11.6 Å². The highest BCUT2D eigenvalue weighted by atomic mass is 16.6. The number of carbonyl (C=O) groups is 2. The van der Waals surface area contributed by atoms with E-state index in [0.717, 1.165) is 6.07 Å². The number of carboxylic acid groups (broad SMARTS) is 1. The third-order valence-electron chi connectivity index (χ3n) is 1.94. The first-order valence-electron chi connectivity index (χ1n) is 4.97. The molecule has 0 aliphatic rings. The zero-order valence-corrected chi connectivity index (χ0v) is 9.53.